The first-order valence-corrected chi connectivity index (χ1v) is 5.03. The van der Waals surface area contributed by atoms with E-state index < -0.39 is 0 Å². The number of furan rings is 1. The van der Waals surface area contributed by atoms with E-state index >= 15 is 0 Å². The minimum atomic E-state index is 0.580. The van der Waals surface area contributed by atoms with E-state index in [9.17, 15) is 0 Å². The zero-order chi connectivity index (χ0) is 8.55. The molecule has 2 heterocycles. The van der Waals surface area contributed by atoms with Crippen molar-refractivity contribution in [3.8, 4) is 0 Å². The van der Waals surface area contributed by atoms with Crippen LogP contribution in [0.1, 0.15) is 23.7 Å². The van der Waals surface area contributed by atoms with Gasteiger partial charge in [0.2, 0.25) is 0 Å². The van der Waals surface area contributed by atoms with Crippen LogP contribution in [0, 0.1) is 6.92 Å². The predicted molar refractivity (Wildman–Crippen MR) is 51.4 cm³/mol. The third kappa shape index (κ3) is 1.43. The van der Waals surface area contributed by atoms with Crippen molar-refractivity contribution in [2.24, 2.45) is 0 Å². The molecule has 1 unspecified atom stereocenters. The summed E-state index contributed by atoms with van der Waals surface area (Å²) in [5.41, 5.74) is 1.26. The maximum Gasteiger partial charge on any atom is 0.169 e. The van der Waals surface area contributed by atoms with Crippen molar-refractivity contribution in [1.29, 1.82) is 0 Å². The molecule has 66 valence electrons. The highest BCUT2D eigenvalue weighted by molar-refractivity contribution is 9.10. The van der Waals surface area contributed by atoms with E-state index in [1.165, 1.54) is 12.0 Å². The zero-order valence-corrected chi connectivity index (χ0v) is 8.65. The summed E-state index contributed by atoms with van der Waals surface area (Å²) in [4.78, 5) is 0. The molecular weight excluding hydrogens is 218 g/mol. The van der Waals surface area contributed by atoms with Crippen molar-refractivity contribution < 1.29 is 4.42 Å². The lowest BCUT2D eigenvalue weighted by Crippen LogP contribution is -2.07. The summed E-state index contributed by atoms with van der Waals surface area (Å²) in [6.45, 7) is 4.27. The van der Waals surface area contributed by atoms with Gasteiger partial charge in [-0.25, -0.2) is 0 Å². The fourth-order valence-electron chi connectivity index (χ4n) is 1.74. The van der Waals surface area contributed by atoms with Gasteiger partial charge in [-0.1, -0.05) is 0 Å². The fourth-order valence-corrected chi connectivity index (χ4v) is 2.26. The Morgan fingerprint density at radius 2 is 2.50 bits per heavy atom. The quantitative estimate of drug-likeness (QED) is 0.801. The second-order valence-electron chi connectivity index (χ2n) is 3.29. The molecular formula is C9H12BrNO. The van der Waals surface area contributed by atoms with Gasteiger partial charge in [0.15, 0.2) is 4.67 Å². The van der Waals surface area contributed by atoms with Crippen molar-refractivity contribution in [3.05, 3.63) is 22.1 Å². The van der Waals surface area contributed by atoms with Crippen LogP contribution in [0.4, 0.5) is 0 Å². The number of aryl methyl sites for hydroxylation is 1. The van der Waals surface area contributed by atoms with Crippen LogP contribution in [0.3, 0.4) is 0 Å². The maximum absolute atomic E-state index is 5.57. The second kappa shape index (κ2) is 3.23. The van der Waals surface area contributed by atoms with Gasteiger partial charge in [0.05, 0.1) is 0 Å². The fraction of sp³-hybridized carbons (Fsp3) is 0.556. The van der Waals surface area contributed by atoms with E-state index in [4.69, 9.17) is 4.42 Å². The molecule has 2 nitrogen and oxygen atoms in total. The maximum atomic E-state index is 5.57. The molecule has 3 heteroatoms. The highest BCUT2D eigenvalue weighted by Crippen LogP contribution is 2.29. The summed E-state index contributed by atoms with van der Waals surface area (Å²) in [5.74, 6) is 1.73. The Morgan fingerprint density at radius 1 is 1.67 bits per heavy atom. The summed E-state index contributed by atoms with van der Waals surface area (Å²) in [6, 6.07) is 2.04. The largest absolute Gasteiger partial charge is 0.454 e. The summed E-state index contributed by atoms with van der Waals surface area (Å²) >= 11 is 3.34. The number of hydrogen-bond donors (Lipinski definition) is 1. The summed E-state index contributed by atoms with van der Waals surface area (Å²) in [7, 11) is 0. The predicted octanol–water partition coefficient (Wildman–Crippen LogP) is 2.43. The van der Waals surface area contributed by atoms with Crippen LogP contribution in [0.2, 0.25) is 0 Å². The van der Waals surface area contributed by atoms with Crippen molar-refractivity contribution in [2.45, 2.75) is 19.3 Å². The molecule has 0 radical (unpaired) electrons. The van der Waals surface area contributed by atoms with Gasteiger partial charge in [-0.15, -0.1) is 0 Å². The summed E-state index contributed by atoms with van der Waals surface area (Å²) in [5, 5.41) is 3.33. The van der Waals surface area contributed by atoms with Crippen molar-refractivity contribution in [3.63, 3.8) is 0 Å². The molecule has 0 aromatic carbocycles. The first-order chi connectivity index (χ1) is 5.77. The average Bonchev–Trinajstić information content (AvgIpc) is 2.58. The van der Waals surface area contributed by atoms with E-state index in [1.54, 1.807) is 0 Å². The van der Waals surface area contributed by atoms with E-state index in [-0.39, 0.29) is 0 Å². The van der Waals surface area contributed by atoms with E-state index in [0.29, 0.717) is 5.92 Å². The molecule has 0 aliphatic carbocycles. The zero-order valence-electron chi connectivity index (χ0n) is 7.06. The van der Waals surface area contributed by atoms with E-state index in [0.717, 1.165) is 23.5 Å². The van der Waals surface area contributed by atoms with Gasteiger partial charge in [0.25, 0.3) is 0 Å². The first-order valence-electron chi connectivity index (χ1n) is 4.24. The highest BCUT2D eigenvalue weighted by atomic mass is 79.9. The Kier molecular flexibility index (Phi) is 2.24. The minimum absolute atomic E-state index is 0.580. The molecule has 0 bridgehead atoms. The van der Waals surface area contributed by atoms with Crippen LogP contribution in [-0.4, -0.2) is 13.1 Å². The normalized spacial score (nSPS) is 23.3. The van der Waals surface area contributed by atoms with Crippen LogP contribution in [0.25, 0.3) is 0 Å². The Morgan fingerprint density at radius 3 is 3.00 bits per heavy atom. The Hall–Kier alpha value is -0.280. The second-order valence-corrected chi connectivity index (χ2v) is 4.07. The van der Waals surface area contributed by atoms with Crippen LogP contribution in [0.15, 0.2) is 15.2 Å². The van der Waals surface area contributed by atoms with Crippen LogP contribution in [-0.2, 0) is 0 Å². The van der Waals surface area contributed by atoms with Gasteiger partial charge in [-0.3, -0.25) is 0 Å². The lowest BCUT2D eigenvalue weighted by Gasteiger charge is -2.04. The monoisotopic (exact) mass is 229 g/mol. The third-order valence-electron chi connectivity index (χ3n) is 2.36. The van der Waals surface area contributed by atoms with Gasteiger partial charge >= 0.3 is 0 Å². The molecule has 2 rings (SSSR count). The SMILES string of the molecule is Cc1cc(Br)oc1C1CCNC1. The molecule has 1 atom stereocenters. The smallest absolute Gasteiger partial charge is 0.169 e. The Bertz CT molecular complexity index is 276. The number of rotatable bonds is 1. The van der Waals surface area contributed by atoms with Crippen molar-refractivity contribution in [1.82, 2.24) is 5.32 Å². The molecule has 1 saturated heterocycles. The molecule has 1 aliphatic heterocycles. The Labute approximate surface area is 80.5 Å². The third-order valence-corrected chi connectivity index (χ3v) is 2.75. The molecule has 1 fully saturated rings. The van der Waals surface area contributed by atoms with Gasteiger partial charge < -0.3 is 9.73 Å². The number of nitrogens with one attached hydrogen (secondary N) is 1. The van der Waals surface area contributed by atoms with Gasteiger partial charge in [0.1, 0.15) is 5.76 Å². The van der Waals surface area contributed by atoms with Crippen molar-refractivity contribution in [2.75, 3.05) is 13.1 Å². The lowest BCUT2D eigenvalue weighted by molar-refractivity contribution is 0.453. The van der Waals surface area contributed by atoms with Gasteiger partial charge in [0, 0.05) is 12.5 Å². The van der Waals surface area contributed by atoms with Gasteiger partial charge in [-0.2, -0.15) is 0 Å². The topological polar surface area (TPSA) is 25.2 Å². The molecule has 0 amide bonds. The summed E-state index contributed by atoms with van der Waals surface area (Å²) < 4.78 is 6.42. The molecule has 1 aromatic rings. The van der Waals surface area contributed by atoms with Gasteiger partial charge in [-0.05, 0) is 47.4 Å². The molecule has 0 saturated carbocycles. The molecule has 12 heavy (non-hydrogen) atoms. The summed E-state index contributed by atoms with van der Waals surface area (Å²) in [6.07, 6.45) is 1.20. The standard InChI is InChI=1S/C9H12BrNO/c1-6-4-8(10)12-9(6)7-2-3-11-5-7/h4,7,11H,2-3,5H2,1H3. The Balaban J connectivity index is 2.25. The van der Waals surface area contributed by atoms with Crippen LogP contribution >= 0.6 is 15.9 Å². The molecule has 1 aromatic heterocycles. The lowest BCUT2D eigenvalue weighted by atomic mass is 10.0. The van der Waals surface area contributed by atoms with Crippen molar-refractivity contribution >= 4 is 15.9 Å². The molecule has 1 aliphatic rings. The van der Waals surface area contributed by atoms with E-state index in [1.807, 2.05) is 6.07 Å². The first kappa shape index (κ1) is 8.32. The van der Waals surface area contributed by atoms with E-state index in [2.05, 4.69) is 28.2 Å². The molecule has 1 N–H and O–H groups in total. The molecule has 0 spiro atoms. The average molecular weight is 230 g/mol. The minimum Gasteiger partial charge on any atom is -0.454 e. The van der Waals surface area contributed by atoms with Crippen LogP contribution in [0.5, 0.6) is 0 Å². The highest BCUT2D eigenvalue weighted by Gasteiger charge is 2.21. The number of halogens is 1. The van der Waals surface area contributed by atoms with Crippen LogP contribution < -0.4 is 5.32 Å². The number of hydrogen-bond acceptors (Lipinski definition) is 2.